The molecular formula is C8H15NO2S. The largest absolute Gasteiger partial charge is 0.212 e. The van der Waals surface area contributed by atoms with Crippen molar-refractivity contribution in [2.75, 3.05) is 12.8 Å². The molecule has 0 aromatic heterocycles. The van der Waals surface area contributed by atoms with E-state index in [0.717, 1.165) is 25.3 Å². The molecule has 0 aromatic rings. The van der Waals surface area contributed by atoms with Crippen LogP contribution in [0.15, 0.2) is 0 Å². The topological polar surface area (TPSA) is 37.4 Å². The van der Waals surface area contributed by atoms with Gasteiger partial charge in [0.2, 0.25) is 10.0 Å². The van der Waals surface area contributed by atoms with Crippen molar-refractivity contribution in [3.8, 4) is 0 Å². The summed E-state index contributed by atoms with van der Waals surface area (Å²) in [5.41, 5.74) is 0. The summed E-state index contributed by atoms with van der Waals surface area (Å²) in [5.74, 6) is 1.36. The molecule has 12 heavy (non-hydrogen) atoms. The number of piperidine rings is 1. The Bertz CT molecular complexity index is 283. The van der Waals surface area contributed by atoms with Crippen LogP contribution in [0.3, 0.4) is 0 Å². The van der Waals surface area contributed by atoms with E-state index in [1.165, 1.54) is 6.26 Å². The molecule has 4 heteroatoms. The second-order valence-electron chi connectivity index (χ2n) is 4.20. The van der Waals surface area contributed by atoms with Gasteiger partial charge in [0, 0.05) is 12.6 Å². The van der Waals surface area contributed by atoms with Crippen LogP contribution in [-0.4, -0.2) is 31.6 Å². The van der Waals surface area contributed by atoms with Crippen molar-refractivity contribution in [3.63, 3.8) is 0 Å². The molecule has 0 aromatic carbocycles. The van der Waals surface area contributed by atoms with Gasteiger partial charge in [-0.1, -0.05) is 6.92 Å². The first-order valence-corrected chi connectivity index (χ1v) is 6.30. The maximum Gasteiger partial charge on any atom is 0.211 e. The Labute approximate surface area is 73.8 Å². The van der Waals surface area contributed by atoms with E-state index in [4.69, 9.17) is 0 Å². The summed E-state index contributed by atoms with van der Waals surface area (Å²) in [6, 6.07) is 0.319. The molecule has 1 aliphatic heterocycles. The molecule has 2 rings (SSSR count). The molecule has 0 N–H and O–H groups in total. The summed E-state index contributed by atoms with van der Waals surface area (Å²) in [6.07, 6.45) is 3.48. The summed E-state index contributed by atoms with van der Waals surface area (Å²) in [5, 5.41) is 0. The average Bonchev–Trinajstić information content (AvgIpc) is 2.41. The maximum atomic E-state index is 11.3. The predicted octanol–water partition coefficient (Wildman–Crippen LogP) is 0.676. The minimum absolute atomic E-state index is 0.319. The SMILES string of the molecule is CC1CC2CC1CN2S(C)(=O)=O. The van der Waals surface area contributed by atoms with Gasteiger partial charge in [-0.3, -0.25) is 0 Å². The van der Waals surface area contributed by atoms with Crippen molar-refractivity contribution in [2.45, 2.75) is 25.8 Å². The van der Waals surface area contributed by atoms with Crippen molar-refractivity contribution >= 4 is 10.0 Å². The number of fused-ring (bicyclic) bond motifs is 2. The molecule has 0 radical (unpaired) electrons. The first-order chi connectivity index (χ1) is 5.48. The molecule has 3 atom stereocenters. The maximum absolute atomic E-state index is 11.3. The van der Waals surface area contributed by atoms with Gasteiger partial charge in [0.05, 0.1) is 6.26 Å². The molecule has 1 saturated heterocycles. The third kappa shape index (κ3) is 1.17. The monoisotopic (exact) mass is 189 g/mol. The van der Waals surface area contributed by atoms with Crippen LogP contribution < -0.4 is 0 Å². The van der Waals surface area contributed by atoms with Crippen LogP contribution in [-0.2, 0) is 10.0 Å². The molecule has 2 bridgehead atoms. The first kappa shape index (κ1) is 8.51. The summed E-state index contributed by atoms with van der Waals surface area (Å²) in [7, 11) is -2.92. The van der Waals surface area contributed by atoms with Gasteiger partial charge < -0.3 is 0 Å². The highest BCUT2D eigenvalue weighted by Crippen LogP contribution is 2.42. The Balaban J connectivity index is 2.18. The fraction of sp³-hybridized carbons (Fsp3) is 1.00. The second-order valence-corrected chi connectivity index (χ2v) is 6.13. The first-order valence-electron chi connectivity index (χ1n) is 4.45. The fourth-order valence-electron chi connectivity index (χ4n) is 2.58. The zero-order chi connectivity index (χ0) is 8.93. The highest BCUT2D eigenvalue weighted by molar-refractivity contribution is 7.88. The van der Waals surface area contributed by atoms with Gasteiger partial charge >= 0.3 is 0 Å². The zero-order valence-electron chi connectivity index (χ0n) is 7.53. The van der Waals surface area contributed by atoms with Crippen LogP contribution in [0.1, 0.15) is 19.8 Å². The van der Waals surface area contributed by atoms with Gasteiger partial charge in [-0.15, -0.1) is 0 Å². The van der Waals surface area contributed by atoms with Crippen LogP contribution in [0.2, 0.25) is 0 Å². The van der Waals surface area contributed by atoms with Crippen molar-refractivity contribution < 1.29 is 8.42 Å². The molecule has 1 heterocycles. The molecular weight excluding hydrogens is 174 g/mol. The minimum Gasteiger partial charge on any atom is -0.212 e. The fourth-order valence-corrected chi connectivity index (χ4v) is 3.75. The van der Waals surface area contributed by atoms with E-state index in [9.17, 15) is 8.42 Å². The summed E-state index contributed by atoms with van der Waals surface area (Å²) >= 11 is 0. The molecule has 0 spiro atoms. The Morgan fingerprint density at radius 1 is 1.33 bits per heavy atom. The number of rotatable bonds is 1. The van der Waals surface area contributed by atoms with Crippen molar-refractivity contribution in [1.29, 1.82) is 0 Å². The Morgan fingerprint density at radius 2 is 2.00 bits per heavy atom. The third-order valence-electron chi connectivity index (χ3n) is 3.27. The van der Waals surface area contributed by atoms with Gasteiger partial charge in [-0.05, 0) is 24.7 Å². The van der Waals surface area contributed by atoms with Gasteiger partial charge in [-0.25, -0.2) is 8.42 Å². The predicted molar refractivity (Wildman–Crippen MR) is 47.2 cm³/mol. The van der Waals surface area contributed by atoms with Gasteiger partial charge in [-0.2, -0.15) is 4.31 Å². The Morgan fingerprint density at radius 3 is 2.33 bits per heavy atom. The second kappa shape index (κ2) is 2.45. The standard InChI is InChI=1S/C8H15NO2S/c1-6-3-8-4-7(6)5-9(8)12(2,10)11/h6-8H,3-5H2,1-2H3. The molecule has 1 aliphatic carbocycles. The molecule has 2 aliphatic rings. The van der Waals surface area contributed by atoms with E-state index in [1.54, 1.807) is 4.31 Å². The molecule has 0 amide bonds. The lowest BCUT2D eigenvalue weighted by Gasteiger charge is -2.27. The van der Waals surface area contributed by atoms with Gasteiger partial charge in [0.15, 0.2) is 0 Å². The zero-order valence-corrected chi connectivity index (χ0v) is 8.34. The van der Waals surface area contributed by atoms with E-state index >= 15 is 0 Å². The molecule has 1 saturated carbocycles. The molecule has 2 fully saturated rings. The van der Waals surface area contributed by atoms with Crippen LogP contribution >= 0.6 is 0 Å². The smallest absolute Gasteiger partial charge is 0.211 e. The minimum atomic E-state index is -2.92. The Kier molecular flexibility index (Phi) is 1.74. The molecule has 3 unspecified atom stereocenters. The number of hydrogen-bond acceptors (Lipinski definition) is 2. The van der Waals surface area contributed by atoms with Crippen LogP contribution in [0.5, 0.6) is 0 Å². The third-order valence-corrected chi connectivity index (χ3v) is 4.57. The number of nitrogens with zero attached hydrogens (tertiary/aromatic N) is 1. The summed E-state index contributed by atoms with van der Waals surface area (Å²) in [6.45, 7) is 2.99. The highest BCUT2D eigenvalue weighted by Gasteiger charge is 2.45. The number of hydrogen-bond donors (Lipinski definition) is 0. The van der Waals surface area contributed by atoms with Crippen LogP contribution in [0.25, 0.3) is 0 Å². The van der Waals surface area contributed by atoms with E-state index in [-0.39, 0.29) is 0 Å². The van der Waals surface area contributed by atoms with Crippen molar-refractivity contribution in [3.05, 3.63) is 0 Å². The average molecular weight is 189 g/mol. The van der Waals surface area contributed by atoms with Crippen molar-refractivity contribution in [1.82, 2.24) is 4.31 Å². The van der Waals surface area contributed by atoms with E-state index in [2.05, 4.69) is 6.92 Å². The van der Waals surface area contributed by atoms with E-state index in [1.807, 2.05) is 0 Å². The lowest BCUT2D eigenvalue weighted by molar-refractivity contribution is 0.278. The van der Waals surface area contributed by atoms with Crippen LogP contribution in [0, 0.1) is 11.8 Å². The molecule has 3 nitrogen and oxygen atoms in total. The Hall–Kier alpha value is -0.0900. The normalized spacial score (nSPS) is 42.3. The van der Waals surface area contributed by atoms with Gasteiger partial charge in [0.25, 0.3) is 0 Å². The quantitative estimate of drug-likeness (QED) is 0.608. The number of sulfonamides is 1. The van der Waals surface area contributed by atoms with Crippen LogP contribution in [0.4, 0.5) is 0 Å². The highest BCUT2D eigenvalue weighted by atomic mass is 32.2. The van der Waals surface area contributed by atoms with Crippen molar-refractivity contribution in [2.24, 2.45) is 11.8 Å². The lowest BCUT2D eigenvalue weighted by Crippen LogP contribution is -2.38. The lowest BCUT2D eigenvalue weighted by atomic mass is 9.98. The van der Waals surface area contributed by atoms with E-state index in [0.29, 0.717) is 12.0 Å². The van der Waals surface area contributed by atoms with Gasteiger partial charge in [0.1, 0.15) is 0 Å². The summed E-state index contributed by atoms with van der Waals surface area (Å²) in [4.78, 5) is 0. The van der Waals surface area contributed by atoms with E-state index < -0.39 is 10.0 Å². The molecule has 70 valence electrons. The summed E-state index contributed by atoms with van der Waals surface area (Å²) < 4.78 is 24.2.